The Bertz CT molecular complexity index is 515. The second kappa shape index (κ2) is 5.08. The van der Waals surface area contributed by atoms with Gasteiger partial charge in [-0.25, -0.2) is 4.79 Å². The van der Waals surface area contributed by atoms with Crippen molar-refractivity contribution in [3.63, 3.8) is 0 Å². The predicted octanol–water partition coefficient (Wildman–Crippen LogP) is -1.09. The molecule has 1 unspecified atom stereocenters. The Morgan fingerprint density at radius 2 is 2.24 bits per heavy atom. The van der Waals surface area contributed by atoms with E-state index in [1.165, 1.54) is 4.90 Å². The Morgan fingerprint density at radius 1 is 1.52 bits per heavy atom. The Kier molecular flexibility index (Phi) is 3.51. The third-order valence-electron chi connectivity index (χ3n) is 4.90. The number of carbonyl (C=O) groups excluding carboxylic acids is 1. The molecular weight excluding hydrogens is 276 g/mol. The molecule has 1 amide bonds. The van der Waals surface area contributed by atoms with Crippen LogP contribution in [-0.2, 0) is 9.59 Å². The summed E-state index contributed by atoms with van der Waals surface area (Å²) in [4.78, 5) is 25.0. The van der Waals surface area contributed by atoms with Crippen molar-refractivity contribution in [2.45, 2.75) is 38.0 Å². The zero-order chi connectivity index (χ0) is 15.3. The van der Waals surface area contributed by atoms with Gasteiger partial charge in [-0.1, -0.05) is 0 Å². The number of aliphatic carboxylic acids is 1. The van der Waals surface area contributed by atoms with Crippen LogP contribution in [0.25, 0.3) is 0 Å². The number of nitrogens with zero attached hydrogens (tertiary/aromatic N) is 1. The zero-order valence-electron chi connectivity index (χ0n) is 11.8. The predicted molar refractivity (Wildman–Crippen MR) is 72.1 cm³/mol. The average molecular weight is 296 g/mol. The van der Waals surface area contributed by atoms with Crippen LogP contribution < -0.4 is 5.32 Å². The molecule has 7 heteroatoms. The van der Waals surface area contributed by atoms with Crippen LogP contribution >= 0.6 is 0 Å². The van der Waals surface area contributed by atoms with Gasteiger partial charge in [0.25, 0.3) is 0 Å². The van der Waals surface area contributed by atoms with Crippen LogP contribution in [0.1, 0.15) is 19.8 Å². The molecule has 0 aliphatic carbocycles. The number of hydrogen-bond acceptors (Lipinski definition) is 5. The minimum absolute atomic E-state index is 0.0194. The van der Waals surface area contributed by atoms with Gasteiger partial charge in [0.05, 0.1) is 24.7 Å². The number of β-lactam (4-membered cyclic amide) rings is 1. The summed E-state index contributed by atoms with van der Waals surface area (Å²) in [5.41, 5.74) is 0.861. The van der Waals surface area contributed by atoms with Gasteiger partial charge in [0.15, 0.2) is 0 Å². The van der Waals surface area contributed by atoms with Crippen LogP contribution in [0.2, 0.25) is 0 Å². The molecule has 7 nitrogen and oxygen atoms in total. The van der Waals surface area contributed by atoms with Crippen LogP contribution in [0.4, 0.5) is 0 Å². The van der Waals surface area contributed by atoms with E-state index in [0.29, 0.717) is 19.4 Å². The number of rotatable bonds is 4. The van der Waals surface area contributed by atoms with Crippen molar-refractivity contribution in [3.8, 4) is 0 Å². The van der Waals surface area contributed by atoms with Gasteiger partial charge < -0.3 is 25.5 Å². The number of carbonyl (C=O) groups is 2. The Hall–Kier alpha value is -1.44. The van der Waals surface area contributed by atoms with Gasteiger partial charge in [0, 0.05) is 12.6 Å². The summed E-state index contributed by atoms with van der Waals surface area (Å²) in [6, 6.07) is -0.249. The molecule has 3 heterocycles. The van der Waals surface area contributed by atoms with Crippen LogP contribution in [0, 0.1) is 11.8 Å². The molecule has 3 aliphatic heterocycles. The maximum atomic E-state index is 12.1. The topological polar surface area (TPSA) is 110 Å². The van der Waals surface area contributed by atoms with Gasteiger partial charge in [-0.3, -0.25) is 4.79 Å². The quantitative estimate of drug-likeness (QED) is 0.491. The van der Waals surface area contributed by atoms with Gasteiger partial charge in [-0.05, 0) is 31.3 Å². The fourth-order valence-corrected chi connectivity index (χ4v) is 3.89. The van der Waals surface area contributed by atoms with E-state index in [1.54, 1.807) is 6.92 Å². The maximum absolute atomic E-state index is 12.1. The third-order valence-corrected chi connectivity index (χ3v) is 4.90. The summed E-state index contributed by atoms with van der Waals surface area (Å²) in [6.07, 6.45) is 0.421. The van der Waals surface area contributed by atoms with Crippen LogP contribution in [-0.4, -0.2) is 63.4 Å². The normalized spacial score (nSPS) is 36.7. The molecule has 0 saturated carbocycles. The number of aliphatic hydroxyl groups is 2. The highest BCUT2D eigenvalue weighted by Gasteiger charge is 2.57. The molecular formula is C14H20N2O5. The monoisotopic (exact) mass is 296 g/mol. The Morgan fingerprint density at radius 3 is 2.76 bits per heavy atom. The molecule has 0 bridgehead atoms. The summed E-state index contributed by atoms with van der Waals surface area (Å²) < 4.78 is 0. The first-order valence-corrected chi connectivity index (χ1v) is 7.27. The lowest BCUT2D eigenvalue weighted by molar-refractivity contribution is -0.161. The molecule has 5 atom stereocenters. The standard InChI is InChI=1S/C14H20N2O5/c1-6(18)11-10-3-9(7-2-8(5-17)15-4-7)12(14(20)21)16(10)13(11)19/h6-8,10-11,15,17-18H,2-5H2,1H3,(H,20,21)/t6-,7?,8+,10-,11-/m1/s1. The molecule has 4 N–H and O–H groups in total. The van der Waals surface area contributed by atoms with E-state index in [2.05, 4.69) is 5.32 Å². The summed E-state index contributed by atoms with van der Waals surface area (Å²) in [5, 5.41) is 31.5. The summed E-state index contributed by atoms with van der Waals surface area (Å²) >= 11 is 0. The number of hydrogen-bond donors (Lipinski definition) is 4. The van der Waals surface area contributed by atoms with Crippen molar-refractivity contribution in [2.75, 3.05) is 13.2 Å². The number of carboxylic acids is 1. The first-order chi connectivity index (χ1) is 9.95. The first kappa shape index (κ1) is 14.5. The van der Waals surface area contributed by atoms with Crippen molar-refractivity contribution in [2.24, 2.45) is 11.8 Å². The Balaban J connectivity index is 1.86. The van der Waals surface area contributed by atoms with E-state index >= 15 is 0 Å². The van der Waals surface area contributed by atoms with Crippen molar-refractivity contribution in [3.05, 3.63) is 11.3 Å². The third kappa shape index (κ3) is 2.07. The van der Waals surface area contributed by atoms with Gasteiger partial charge in [-0.2, -0.15) is 0 Å². The zero-order valence-corrected chi connectivity index (χ0v) is 11.8. The second-order valence-electron chi connectivity index (χ2n) is 6.15. The lowest BCUT2D eigenvalue weighted by atomic mass is 9.81. The molecule has 3 rings (SSSR count). The number of aliphatic hydroxyl groups excluding tert-OH is 2. The lowest BCUT2D eigenvalue weighted by Gasteiger charge is -2.44. The van der Waals surface area contributed by atoms with Gasteiger partial charge >= 0.3 is 5.97 Å². The van der Waals surface area contributed by atoms with Crippen LogP contribution in [0.5, 0.6) is 0 Å². The molecule has 0 aromatic carbocycles. The largest absolute Gasteiger partial charge is 0.477 e. The molecule has 21 heavy (non-hydrogen) atoms. The highest BCUT2D eigenvalue weighted by atomic mass is 16.4. The van der Waals surface area contributed by atoms with Gasteiger partial charge in [0.2, 0.25) is 5.91 Å². The molecule has 116 valence electrons. The van der Waals surface area contributed by atoms with Crippen molar-refractivity contribution in [1.29, 1.82) is 0 Å². The fraction of sp³-hybridized carbons (Fsp3) is 0.714. The summed E-state index contributed by atoms with van der Waals surface area (Å²) in [5.74, 6) is -1.86. The maximum Gasteiger partial charge on any atom is 0.352 e. The minimum atomic E-state index is -1.09. The Labute approximate surface area is 122 Å². The van der Waals surface area contributed by atoms with Crippen molar-refractivity contribution in [1.82, 2.24) is 10.2 Å². The molecule has 0 radical (unpaired) electrons. The van der Waals surface area contributed by atoms with Gasteiger partial charge in [-0.15, -0.1) is 0 Å². The highest BCUT2D eigenvalue weighted by molar-refractivity contribution is 5.99. The number of fused-ring (bicyclic) bond motifs is 1. The smallest absolute Gasteiger partial charge is 0.352 e. The fourth-order valence-electron chi connectivity index (χ4n) is 3.89. The SMILES string of the molecule is C[C@@H](O)[C@H]1C(=O)N2C(C(=O)O)=C(C3CN[C@H](CO)C3)C[C@H]12. The number of carboxylic acid groups (broad SMARTS) is 1. The molecule has 0 spiro atoms. The van der Waals surface area contributed by atoms with E-state index in [-0.39, 0.29) is 36.2 Å². The van der Waals surface area contributed by atoms with E-state index in [0.717, 1.165) is 5.57 Å². The lowest BCUT2D eigenvalue weighted by Crippen LogP contribution is -2.61. The molecule has 2 saturated heterocycles. The van der Waals surface area contributed by atoms with E-state index in [9.17, 15) is 24.9 Å². The van der Waals surface area contributed by atoms with Crippen molar-refractivity contribution >= 4 is 11.9 Å². The molecule has 0 aromatic heterocycles. The van der Waals surface area contributed by atoms with E-state index in [1.807, 2.05) is 0 Å². The highest BCUT2D eigenvalue weighted by Crippen LogP contribution is 2.46. The molecule has 2 fully saturated rings. The summed E-state index contributed by atoms with van der Waals surface area (Å²) in [6.45, 7) is 2.21. The molecule has 0 aromatic rings. The van der Waals surface area contributed by atoms with Crippen molar-refractivity contribution < 1.29 is 24.9 Å². The van der Waals surface area contributed by atoms with Crippen LogP contribution in [0.3, 0.4) is 0 Å². The number of nitrogens with one attached hydrogen (secondary N) is 1. The average Bonchev–Trinajstić information content (AvgIpc) is 2.99. The van der Waals surface area contributed by atoms with Gasteiger partial charge in [0.1, 0.15) is 5.70 Å². The number of amides is 1. The minimum Gasteiger partial charge on any atom is -0.477 e. The summed E-state index contributed by atoms with van der Waals surface area (Å²) in [7, 11) is 0. The second-order valence-corrected chi connectivity index (χ2v) is 6.15. The first-order valence-electron chi connectivity index (χ1n) is 7.27. The van der Waals surface area contributed by atoms with E-state index < -0.39 is 18.0 Å². The molecule has 3 aliphatic rings. The van der Waals surface area contributed by atoms with E-state index in [4.69, 9.17) is 0 Å². The van der Waals surface area contributed by atoms with Crippen LogP contribution in [0.15, 0.2) is 11.3 Å².